The van der Waals surface area contributed by atoms with Gasteiger partial charge in [0.25, 0.3) is 0 Å². The van der Waals surface area contributed by atoms with E-state index in [9.17, 15) is 0 Å². The molecule has 1 aliphatic carbocycles. The maximum Gasteiger partial charge on any atom is 0.122 e. The number of ether oxygens (including phenoxy) is 2. The van der Waals surface area contributed by atoms with E-state index in [1.807, 2.05) is 6.92 Å². The van der Waals surface area contributed by atoms with Crippen LogP contribution in [0.25, 0.3) is 0 Å². The number of benzene rings is 1. The van der Waals surface area contributed by atoms with Crippen molar-refractivity contribution in [3.63, 3.8) is 0 Å². The first kappa shape index (κ1) is 14.2. The molecular formula is C16H25NO2. The molecule has 0 amide bonds. The van der Waals surface area contributed by atoms with Crippen LogP contribution in [0.3, 0.4) is 0 Å². The zero-order chi connectivity index (χ0) is 13.8. The molecule has 0 aliphatic heterocycles. The van der Waals surface area contributed by atoms with Crippen LogP contribution in [0.1, 0.15) is 42.7 Å². The van der Waals surface area contributed by atoms with E-state index in [1.165, 1.54) is 24.8 Å². The second-order valence-electron chi connectivity index (χ2n) is 5.44. The second kappa shape index (κ2) is 6.29. The summed E-state index contributed by atoms with van der Waals surface area (Å²) in [6.07, 6.45) is 4.98. The van der Waals surface area contributed by atoms with Gasteiger partial charge in [0.1, 0.15) is 11.5 Å². The van der Waals surface area contributed by atoms with Gasteiger partial charge in [0.2, 0.25) is 0 Å². The van der Waals surface area contributed by atoms with Gasteiger partial charge in [0, 0.05) is 5.56 Å². The minimum Gasteiger partial charge on any atom is -0.496 e. The van der Waals surface area contributed by atoms with E-state index < -0.39 is 0 Å². The van der Waals surface area contributed by atoms with E-state index in [-0.39, 0.29) is 0 Å². The van der Waals surface area contributed by atoms with Crippen LogP contribution in [-0.4, -0.2) is 20.8 Å². The topological polar surface area (TPSA) is 44.5 Å². The van der Waals surface area contributed by atoms with Gasteiger partial charge in [0.05, 0.1) is 14.2 Å². The minimum absolute atomic E-state index is 0.503. The van der Waals surface area contributed by atoms with Crippen LogP contribution in [0.5, 0.6) is 11.5 Å². The summed E-state index contributed by atoms with van der Waals surface area (Å²) in [5.41, 5.74) is 8.18. The quantitative estimate of drug-likeness (QED) is 0.857. The fourth-order valence-electron chi connectivity index (χ4n) is 3.03. The Bertz CT molecular complexity index is 427. The molecular weight excluding hydrogens is 238 g/mol. The maximum atomic E-state index is 5.80. The Morgan fingerprint density at radius 1 is 1.21 bits per heavy atom. The van der Waals surface area contributed by atoms with Crippen molar-refractivity contribution in [3.05, 3.63) is 23.3 Å². The van der Waals surface area contributed by atoms with E-state index >= 15 is 0 Å². The van der Waals surface area contributed by atoms with Crippen LogP contribution in [0.15, 0.2) is 12.1 Å². The molecule has 1 aromatic carbocycles. The van der Waals surface area contributed by atoms with Crippen molar-refractivity contribution in [1.29, 1.82) is 0 Å². The Labute approximate surface area is 116 Å². The van der Waals surface area contributed by atoms with Gasteiger partial charge in [-0.05, 0) is 62.3 Å². The van der Waals surface area contributed by atoms with Crippen molar-refractivity contribution in [2.45, 2.75) is 38.5 Å². The molecule has 1 atom stereocenters. The highest BCUT2D eigenvalue weighted by molar-refractivity contribution is 5.48. The Morgan fingerprint density at radius 2 is 1.89 bits per heavy atom. The number of nitrogens with two attached hydrogens (primary N) is 1. The number of methoxy groups -OCH3 is 2. The molecule has 2 N–H and O–H groups in total. The average Bonchev–Trinajstić information content (AvgIpc) is 2.35. The third kappa shape index (κ3) is 2.86. The van der Waals surface area contributed by atoms with E-state index in [0.29, 0.717) is 5.92 Å². The smallest absolute Gasteiger partial charge is 0.122 e. The summed E-state index contributed by atoms with van der Waals surface area (Å²) in [5.74, 6) is 3.17. The van der Waals surface area contributed by atoms with Crippen molar-refractivity contribution in [1.82, 2.24) is 0 Å². The molecule has 1 fully saturated rings. The van der Waals surface area contributed by atoms with Crippen molar-refractivity contribution < 1.29 is 9.47 Å². The lowest BCUT2D eigenvalue weighted by molar-refractivity contribution is 0.248. The summed E-state index contributed by atoms with van der Waals surface area (Å²) in [6.45, 7) is 2.77. The SMILES string of the molecule is COc1cc(C(CCN)C2CCC2)c(OC)cc1C. The van der Waals surface area contributed by atoms with Gasteiger partial charge in [0.15, 0.2) is 0 Å². The molecule has 0 radical (unpaired) electrons. The fraction of sp³-hybridized carbons (Fsp3) is 0.625. The van der Waals surface area contributed by atoms with Gasteiger partial charge in [-0.25, -0.2) is 0 Å². The molecule has 3 heteroatoms. The molecule has 3 nitrogen and oxygen atoms in total. The summed E-state index contributed by atoms with van der Waals surface area (Å²) >= 11 is 0. The zero-order valence-electron chi connectivity index (χ0n) is 12.2. The van der Waals surface area contributed by atoms with Crippen LogP contribution >= 0.6 is 0 Å². The van der Waals surface area contributed by atoms with Crippen LogP contribution < -0.4 is 15.2 Å². The second-order valence-corrected chi connectivity index (χ2v) is 5.44. The van der Waals surface area contributed by atoms with Crippen molar-refractivity contribution in [2.75, 3.05) is 20.8 Å². The number of aryl methyl sites for hydroxylation is 1. The summed E-state index contributed by atoms with van der Waals surface area (Å²) < 4.78 is 11.0. The molecule has 19 heavy (non-hydrogen) atoms. The predicted octanol–water partition coefficient (Wildman–Crippen LogP) is 3.24. The number of hydrogen-bond acceptors (Lipinski definition) is 3. The summed E-state index contributed by atoms with van der Waals surface area (Å²) in [7, 11) is 3.46. The van der Waals surface area contributed by atoms with E-state index in [1.54, 1.807) is 14.2 Å². The van der Waals surface area contributed by atoms with Crippen LogP contribution in [0.2, 0.25) is 0 Å². The molecule has 0 bridgehead atoms. The third-order valence-corrected chi connectivity index (χ3v) is 4.34. The molecule has 2 rings (SSSR count). The van der Waals surface area contributed by atoms with Gasteiger partial charge < -0.3 is 15.2 Å². The van der Waals surface area contributed by atoms with Gasteiger partial charge in [-0.15, -0.1) is 0 Å². The highest BCUT2D eigenvalue weighted by Gasteiger charge is 2.30. The van der Waals surface area contributed by atoms with Crippen LogP contribution in [0.4, 0.5) is 0 Å². The minimum atomic E-state index is 0.503. The lowest BCUT2D eigenvalue weighted by atomic mass is 9.71. The molecule has 0 aromatic heterocycles. The molecule has 1 aliphatic rings. The van der Waals surface area contributed by atoms with Gasteiger partial charge in [-0.3, -0.25) is 0 Å². The first-order valence-corrected chi connectivity index (χ1v) is 7.13. The first-order chi connectivity index (χ1) is 9.21. The average molecular weight is 263 g/mol. The third-order valence-electron chi connectivity index (χ3n) is 4.34. The normalized spacial score (nSPS) is 16.8. The molecule has 0 heterocycles. The van der Waals surface area contributed by atoms with Crippen LogP contribution in [0, 0.1) is 12.8 Å². The van der Waals surface area contributed by atoms with Crippen molar-refractivity contribution in [3.8, 4) is 11.5 Å². The molecule has 106 valence electrons. The van der Waals surface area contributed by atoms with E-state index in [2.05, 4.69) is 12.1 Å². The van der Waals surface area contributed by atoms with Gasteiger partial charge >= 0.3 is 0 Å². The molecule has 0 saturated heterocycles. The van der Waals surface area contributed by atoms with E-state index in [4.69, 9.17) is 15.2 Å². The molecule has 1 aromatic rings. The largest absolute Gasteiger partial charge is 0.496 e. The maximum absolute atomic E-state index is 5.80. The Balaban J connectivity index is 2.38. The fourth-order valence-corrected chi connectivity index (χ4v) is 3.03. The summed E-state index contributed by atoms with van der Waals surface area (Å²) in [5, 5.41) is 0. The van der Waals surface area contributed by atoms with Gasteiger partial charge in [-0.1, -0.05) is 6.42 Å². The lowest BCUT2D eigenvalue weighted by Crippen LogP contribution is -2.23. The predicted molar refractivity (Wildman–Crippen MR) is 78.0 cm³/mol. The Morgan fingerprint density at radius 3 is 2.37 bits per heavy atom. The molecule has 0 spiro atoms. The van der Waals surface area contributed by atoms with Crippen molar-refractivity contribution in [2.24, 2.45) is 11.7 Å². The number of hydrogen-bond donors (Lipinski definition) is 1. The summed E-state index contributed by atoms with van der Waals surface area (Å²) in [6, 6.07) is 4.23. The van der Waals surface area contributed by atoms with Gasteiger partial charge in [-0.2, -0.15) is 0 Å². The first-order valence-electron chi connectivity index (χ1n) is 7.13. The van der Waals surface area contributed by atoms with E-state index in [0.717, 1.165) is 35.9 Å². The standard InChI is InChI=1S/C16H25NO2/c1-11-9-16(19-3)14(10-15(11)18-2)13(7-8-17)12-5-4-6-12/h9-10,12-13H,4-8,17H2,1-3H3. The monoisotopic (exact) mass is 263 g/mol. The lowest BCUT2D eigenvalue weighted by Gasteiger charge is -2.35. The van der Waals surface area contributed by atoms with Crippen molar-refractivity contribution >= 4 is 0 Å². The molecule has 1 saturated carbocycles. The molecule has 1 unspecified atom stereocenters. The highest BCUT2D eigenvalue weighted by Crippen LogP contribution is 2.45. The Hall–Kier alpha value is -1.22. The zero-order valence-corrected chi connectivity index (χ0v) is 12.2. The van der Waals surface area contributed by atoms with Crippen LogP contribution in [-0.2, 0) is 0 Å². The Kier molecular flexibility index (Phi) is 4.70. The summed E-state index contributed by atoms with van der Waals surface area (Å²) in [4.78, 5) is 0. The highest BCUT2D eigenvalue weighted by atomic mass is 16.5. The number of rotatable bonds is 6.